The van der Waals surface area contributed by atoms with Gasteiger partial charge in [-0.3, -0.25) is 19.2 Å². The number of aliphatic carboxylic acids is 1. The van der Waals surface area contributed by atoms with Crippen LogP contribution < -0.4 is 21.7 Å². The maximum atomic E-state index is 12.8. The average molecular weight is 527 g/mol. The average Bonchev–Trinajstić information content (AvgIpc) is 2.84. The molecule has 0 saturated carbocycles. The highest BCUT2D eigenvalue weighted by molar-refractivity contribution is 5.89. The lowest BCUT2D eigenvalue weighted by atomic mass is 9.98. The molecule has 208 valence electrons. The summed E-state index contributed by atoms with van der Waals surface area (Å²) in [6.45, 7) is 4.17. The molecular weight excluding hydrogens is 488 g/mol. The molecular formula is C24H38N4O9. The Morgan fingerprint density at radius 3 is 1.95 bits per heavy atom. The van der Waals surface area contributed by atoms with Crippen LogP contribution in [0.15, 0.2) is 30.3 Å². The van der Waals surface area contributed by atoms with Crippen LogP contribution in [-0.4, -0.2) is 92.3 Å². The molecule has 7 atom stereocenters. The third-order valence-electron chi connectivity index (χ3n) is 5.53. The number of hydrogen-bond acceptors (Lipinski definition) is 9. The van der Waals surface area contributed by atoms with Crippen LogP contribution in [0, 0.1) is 5.92 Å². The number of carboxylic acid groups (broad SMARTS) is 1. The molecule has 0 bridgehead atoms. The molecule has 0 aromatic heterocycles. The quantitative estimate of drug-likeness (QED) is 0.119. The Hall–Kier alpha value is -3.10. The van der Waals surface area contributed by atoms with Crippen molar-refractivity contribution in [1.82, 2.24) is 16.0 Å². The molecule has 13 heteroatoms. The molecule has 13 nitrogen and oxygen atoms in total. The minimum atomic E-state index is -2.23. The van der Waals surface area contributed by atoms with Gasteiger partial charge in [-0.15, -0.1) is 0 Å². The highest BCUT2D eigenvalue weighted by Crippen LogP contribution is 2.17. The fraction of sp³-hybridized carbons (Fsp3) is 0.583. The van der Waals surface area contributed by atoms with Gasteiger partial charge in [-0.2, -0.15) is 0 Å². The Balaban J connectivity index is 2.93. The first kappa shape index (κ1) is 31.9. The summed E-state index contributed by atoms with van der Waals surface area (Å²) in [5, 5.41) is 57.2. The van der Waals surface area contributed by atoms with E-state index in [2.05, 4.69) is 16.0 Å². The third kappa shape index (κ3) is 10.4. The van der Waals surface area contributed by atoms with Crippen molar-refractivity contribution < 1.29 is 44.7 Å². The van der Waals surface area contributed by atoms with Gasteiger partial charge in [0.2, 0.25) is 11.8 Å². The van der Waals surface area contributed by atoms with E-state index in [4.69, 9.17) is 10.8 Å². The van der Waals surface area contributed by atoms with Gasteiger partial charge in [0.05, 0.1) is 31.2 Å². The van der Waals surface area contributed by atoms with E-state index < -0.39 is 79.2 Å². The fourth-order valence-electron chi connectivity index (χ4n) is 3.48. The Kier molecular flexibility index (Phi) is 13.1. The monoisotopic (exact) mass is 526 g/mol. The predicted octanol–water partition coefficient (Wildman–Crippen LogP) is -2.24. The third-order valence-corrected chi connectivity index (χ3v) is 5.53. The van der Waals surface area contributed by atoms with Crippen LogP contribution in [0.2, 0.25) is 0 Å². The van der Waals surface area contributed by atoms with Crippen molar-refractivity contribution in [2.75, 3.05) is 6.61 Å². The maximum absolute atomic E-state index is 12.8. The van der Waals surface area contributed by atoms with E-state index in [1.807, 2.05) is 13.8 Å². The molecule has 0 saturated heterocycles. The summed E-state index contributed by atoms with van der Waals surface area (Å²) >= 11 is 0. The number of aliphatic hydroxyl groups is 4. The molecule has 37 heavy (non-hydrogen) atoms. The van der Waals surface area contributed by atoms with Crippen molar-refractivity contribution >= 4 is 23.7 Å². The molecule has 10 N–H and O–H groups in total. The van der Waals surface area contributed by atoms with Crippen molar-refractivity contribution in [1.29, 1.82) is 0 Å². The van der Waals surface area contributed by atoms with Crippen molar-refractivity contribution in [3.63, 3.8) is 0 Å². The summed E-state index contributed by atoms with van der Waals surface area (Å²) in [4.78, 5) is 48.6. The Bertz CT molecular complexity index is 897. The van der Waals surface area contributed by atoms with Crippen LogP contribution in [0.25, 0.3) is 0 Å². The van der Waals surface area contributed by atoms with E-state index in [-0.39, 0.29) is 12.3 Å². The number of benzene rings is 1. The number of aliphatic hydroxyl groups excluding tert-OH is 4. The number of carboxylic acids is 1. The first-order valence-electron chi connectivity index (χ1n) is 11.9. The van der Waals surface area contributed by atoms with Crippen LogP contribution in [-0.2, 0) is 19.2 Å². The topological polar surface area (TPSA) is 232 Å². The smallest absolute Gasteiger partial charge is 0.305 e. The molecule has 0 fully saturated rings. The molecule has 0 aliphatic rings. The number of amides is 3. The number of carbonyl (C=O) groups is 4. The van der Waals surface area contributed by atoms with Crippen molar-refractivity contribution in [3.8, 4) is 0 Å². The Morgan fingerprint density at radius 2 is 1.46 bits per heavy atom. The lowest BCUT2D eigenvalue weighted by molar-refractivity contribution is -0.145. The van der Waals surface area contributed by atoms with Crippen molar-refractivity contribution in [3.05, 3.63) is 35.9 Å². The molecule has 1 aromatic carbocycles. The van der Waals surface area contributed by atoms with Gasteiger partial charge < -0.3 is 47.2 Å². The number of nitrogens with two attached hydrogens (primary N) is 1. The van der Waals surface area contributed by atoms with Crippen LogP contribution >= 0.6 is 0 Å². The molecule has 0 radical (unpaired) electrons. The van der Waals surface area contributed by atoms with E-state index in [9.17, 15) is 39.6 Å². The Labute approximate surface area is 215 Å². The molecule has 0 spiro atoms. The maximum Gasteiger partial charge on any atom is 0.305 e. The van der Waals surface area contributed by atoms with Gasteiger partial charge in [0.1, 0.15) is 18.2 Å². The normalized spacial score (nSPS) is 17.0. The van der Waals surface area contributed by atoms with Crippen molar-refractivity contribution in [2.45, 2.75) is 76.1 Å². The van der Waals surface area contributed by atoms with Gasteiger partial charge >= 0.3 is 5.97 Å². The number of hydrogen-bond donors (Lipinski definition) is 9. The zero-order valence-corrected chi connectivity index (χ0v) is 21.1. The second kappa shape index (κ2) is 15.2. The minimum absolute atomic E-state index is 0.0268. The van der Waals surface area contributed by atoms with Crippen LogP contribution in [0.4, 0.5) is 0 Å². The van der Waals surface area contributed by atoms with Gasteiger partial charge in [-0.25, -0.2) is 0 Å². The zero-order chi connectivity index (χ0) is 28.3. The largest absolute Gasteiger partial charge is 0.481 e. The van der Waals surface area contributed by atoms with Crippen LogP contribution in [0.5, 0.6) is 0 Å². The second-order valence-corrected chi connectivity index (χ2v) is 9.27. The number of carbonyl (C=O) groups excluding carboxylic acids is 3. The predicted molar refractivity (Wildman–Crippen MR) is 132 cm³/mol. The molecule has 3 amide bonds. The highest BCUT2D eigenvalue weighted by atomic mass is 16.4. The summed E-state index contributed by atoms with van der Waals surface area (Å²) in [5.74, 6) is -3.80. The fourth-order valence-corrected chi connectivity index (χ4v) is 3.48. The lowest BCUT2D eigenvalue weighted by Crippen LogP contribution is -2.60. The first-order valence-corrected chi connectivity index (χ1v) is 11.9. The van der Waals surface area contributed by atoms with E-state index in [1.54, 1.807) is 30.3 Å². The molecule has 1 aromatic rings. The van der Waals surface area contributed by atoms with Crippen molar-refractivity contribution in [2.24, 2.45) is 11.7 Å². The summed E-state index contributed by atoms with van der Waals surface area (Å²) in [7, 11) is 0. The molecule has 0 heterocycles. The summed E-state index contributed by atoms with van der Waals surface area (Å²) in [5.41, 5.74) is 5.97. The molecule has 0 aliphatic carbocycles. The summed E-state index contributed by atoms with van der Waals surface area (Å²) < 4.78 is 0. The Morgan fingerprint density at radius 1 is 0.865 bits per heavy atom. The summed E-state index contributed by atoms with van der Waals surface area (Å²) in [6, 6.07) is 3.58. The van der Waals surface area contributed by atoms with Gasteiger partial charge in [-0.1, -0.05) is 44.2 Å². The SMILES string of the molecule is CC(C)CC(NC(=O)C(C)N)C(=O)NC(CO)C(O)C(O)C(O)C(=O)NC(CC(=O)O)c1ccccc1. The van der Waals surface area contributed by atoms with Crippen LogP contribution in [0.3, 0.4) is 0 Å². The highest BCUT2D eigenvalue weighted by Gasteiger charge is 2.37. The van der Waals surface area contributed by atoms with Gasteiger partial charge in [0, 0.05) is 0 Å². The first-order chi connectivity index (χ1) is 17.3. The number of rotatable bonds is 15. The van der Waals surface area contributed by atoms with Gasteiger partial charge in [0.25, 0.3) is 5.91 Å². The lowest BCUT2D eigenvalue weighted by Gasteiger charge is -2.31. The van der Waals surface area contributed by atoms with Gasteiger partial charge in [-0.05, 0) is 24.8 Å². The van der Waals surface area contributed by atoms with E-state index in [1.165, 1.54) is 6.92 Å². The van der Waals surface area contributed by atoms with E-state index in [0.717, 1.165) is 0 Å². The molecule has 1 rings (SSSR count). The number of nitrogens with one attached hydrogen (secondary N) is 3. The molecule has 7 unspecified atom stereocenters. The van der Waals surface area contributed by atoms with E-state index in [0.29, 0.717) is 5.56 Å². The zero-order valence-electron chi connectivity index (χ0n) is 21.1. The summed E-state index contributed by atoms with van der Waals surface area (Å²) in [6.07, 6.45) is -6.71. The van der Waals surface area contributed by atoms with Gasteiger partial charge in [0.15, 0.2) is 6.10 Å². The van der Waals surface area contributed by atoms with E-state index >= 15 is 0 Å². The van der Waals surface area contributed by atoms with Crippen LogP contribution in [0.1, 0.15) is 45.2 Å². The second-order valence-electron chi connectivity index (χ2n) is 9.27. The standard InChI is InChI=1S/C24H38N4O9/c1-12(2)9-16(27-22(35)13(3)25)23(36)28-17(11-29)19(32)20(33)21(34)24(37)26-15(10-18(30)31)14-7-5-4-6-8-14/h4-8,12-13,15-17,19-21,29,32-34H,9-11,25H2,1-3H3,(H,26,37)(H,27,35)(H,28,36)(H,30,31). The molecule has 0 aliphatic heterocycles. The minimum Gasteiger partial charge on any atom is -0.481 e.